The van der Waals surface area contributed by atoms with Crippen molar-refractivity contribution in [2.24, 2.45) is 0 Å². The van der Waals surface area contributed by atoms with Gasteiger partial charge in [-0.3, -0.25) is 4.79 Å². The molecule has 1 N–H and O–H groups in total. The van der Waals surface area contributed by atoms with Gasteiger partial charge in [-0.15, -0.1) is 11.6 Å². The first kappa shape index (κ1) is 10.9. The summed E-state index contributed by atoms with van der Waals surface area (Å²) in [5.74, 6) is -1.04. The predicted octanol–water partition coefficient (Wildman–Crippen LogP) is 1.64. The van der Waals surface area contributed by atoms with Gasteiger partial charge in [0.2, 0.25) is 11.9 Å². The molecule has 76 valence electrons. The molecule has 0 bridgehead atoms. The van der Waals surface area contributed by atoms with Gasteiger partial charge in [0.1, 0.15) is 5.88 Å². The average Bonchev–Trinajstić information content (AvgIpc) is 2.18. The first-order chi connectivity index (χ1) is 6.65. The van der Waals surface area contributed by atoms with E-state index in [4.69, 9.17) is 11.6 Å². The number of nitrogens with one attached hydrogen (secondary N) is 1. The molecule has 0 spiro atoms. The predicted molar refractivity (Wildman–Crippen MR) is 51.5 cm³/mol. The molecule has 0 aromatic carbocycles. The van der Waals surface area contributed by atoms with E-state index in [1.54, 1.807) is 19.1 Å². The minimum atomic E-state index is -0.574. The van der Waals surface area contributed by atoms with Crippen molar-refractivity contribution < 1.29 is 9.18 Å². The van der Waals surface area contributed by atoms with Crippen LogP contribution in [0.3, 0.4) is 0 Å². The number of carbonyl (C=O) groups is 1. The summed E-state index contributed by atoms with van der Waals surface area (Å²) in [5.41, 5.74) is 0.353. The Morgan fingerprint density at radius 3 is 3.07 bits per heavy atom. The van der Waals surface area contributed by atoms with Crippen LogP contribution in [0.1, 0.15) is 18.5 Å². The van der Waals surface area contributed by atoms with E-state index in [1.807, 2.05) is 0 Å². The Morgan fingerprint density at radius 2 is 2.50 bits per heavy atom. The summed E-state index contributed by atoms with van der Waals surface area (Å²) in [6.45, 7) is 1.67. The summed E-state index contributed by atoms with van der Waals surface area (Å²) < 4.78 is 13.1. The van der Waals surface area contributed by atoms with Crippen LogP contribution in [0.4, 0.5) is 4.39 Å². The number of halogens is 2. The van der Waals surface area contributed by atoms with Crippen molar-refractivity contribution in [2.75, 3.05) is 5.88 Å². The summed E-state index contributed by atoms with van der Waals surface area (Å²) in [7, 11) is 0. The maximum absolute atomic E-state index is 13.1. The van der Waals surface area contributed by atoms with Gasteiger partial charge in [0.25, 0.3) is 0 Å². The van der Waals surface area contributed by atoms with Crippen molar-refractivity contribution in [3.63, 3.8) is 0 Å². The van der Waals surface area contributed by atoms with Gasteiger partial charge in [-0.05, 0) is 13.0 Å². The summed E-state index contributed by atoms with van der Waals surface area (Å²) in [6.07, 6.45) is 1.36. The van der Waals surface area contributed by atoms with E-state index in [-0.39, 0.29) is 11.8 Å². The van der Waals surface area contributed by atoms with Crippen molar-refractivity contribution in [3.8, 4) is 0 Å². The van der Waals surface area contributed by atoms with Gasteiger partial charge in [-0.1, -0.05) is 6.07 Å². The van der Waals surface area contributed by atoms with Crippen LogP contribution in [0, 0.1) is 5.95 Å². The molecule has 1 heterocycles. The quantitative estimate of drug-likeness (QED) is 0.617. The lowest BCUT2D eigenvalue weighted by Crippen LogP contribution is -2.28. The average molecular weight is 217 g/mol. The van der Waals surface area contributed by atoms with E-state index in [9.17, 15) is 9.18 Å². The van der Waals surface area contributed by atoms with Crippen LogP contribution in [-0.2, 0) is 4.79 Å². The topological polar surface area (TPSA) is 42.0 Å². The number of carbonyl (C=O) groups excluding carboxylic acids is 1. The lowest BCUT2D eigenvalue weighted by atomic mass is 10.1. The lowest BCUT2D eigenvalue weighted by molar-refractivity contribution is -0.119. The molecule has 3 nitrogen and oxygen atoms in total. The molecule has 0 saturated carbocycles. The summed E-state index contributed by atoms with van der Waals surface area (Å²) in [6, 6.07) is 2.76. The molecule has 1 aromatic heterocycles. The summed E-state index contributed by atoms with van der Waals surface area (Å²) in [4.78, 5) is 14.4. The molecule has 0 radical (unpaired) electrons. The fourth-order valence-corrected chi connectivity index (χ4v) is 1.16. The third-order valence-electron chi connectivity index (χ3n) is 1.75. The Balaban J connectivity index is 2.74. The van der Waals surface area contributed by atoms with E-state index < -0.39 is 12.0 Å². The Bertz CT molecular complexity index is 332. The second kappa shape index (κ2) is 4.91. The Hall–Kier alpha value is -1.16. The molecule has 14 heavy (non-hydrogen) atoms. The van der Waals surface area contributed by atoms with Crippen LogP contribution in [0.25, 0.3) is 0 Å². The maximum Gasteiger partial charge on any atom is 0.235 e. The monoisotopic (exact) mass is 216 g/mol. The Labute approximate surface area is 86.3 Å². The zero-order valence-electron chi connectivity index (χ0n) is 7.63. The minimum absolute atomic E-state index is 0.133. The summed E-state index contributed by atoms with van der Waals surface area (Å²) in [5, 5.41) is 2.54. The number of pyridine rings is 1. The number of nitrogens with zero attached hydrogens (tertiary/aromatic N) is 1. The van der Waals surface area contributed by atoms with Gasteiger partial charge >= 0.3 is 0 Å². The molecule has 1 rings (SSSR count). The van der Waals surface area contributed by atoms with E-state index >= 15 is 0 Å². The highest BCUT2D eigenvalue weighted by atomic mass is 35.5. The number of hydrogen-bond donors (Lipinski definition) is 1. The van der Waals surface area contributed by atoms with Gasteiger partial charge < -0.3 is 5.32 Å². The second-order valence-electron chi connectivity index (χ2n) is 2.81. The number of hydrogen-bond acceptors (Lipinski definition) is 2. The first-order valence-electron chi connectivity index (χ1n) is 4.11. The van der Waals surface area contributed by atoms with Crippen molar-refractivity contribution in [1.29, 1.82) is 0 Å². The van der Waals surface area contributed by atoms with Gasteiger partial charge in [-0.2, -0.15) is 4.39 Å². The van der Waals surface area contributed by atoms with Crippen LogP contribution in [0.15, 0.2) is 18.3 Å². The molecule has 0 saturated heterocycles. The minimum Gasteiger partial charge on any atom is -0.348 e. The van der Waals surface area contributed by atoms with Crippen LogP contribution >= 0.6 is 11.6 Å². The maximum atomic E-state index is 13.1. The van der Waals surface area contributed by atoms with E-state index in [2.05, 4.69) is 10.3 Å². The fourth-order valence-electron chi connectivity index (χ4n) is 1.08. The van der Waals surface area contributed by atoms with Crippen LogP contribution in [-0.4, -0.2) is 16.8 Å². The van der Waals surface area contributed by atoms with E-state index in [0.29, 0.717) is 5.56 Å². The standard InChI is InChI=1S/C9H10ClFN2O/c1-6(13-8(14)5-10)7-3-2-4-12-9(7)11/h2-4,6H,5H2,1H3,(H,13,14)/t6-/m0/s1. The van der Waals surface area contributed by atoms with E-state index in [1.165, 1.54) is 6.20 Å². The van der Waals surface area contributed by atoms with Crippen molar-refractivity contribution in [1.82, 2.24) is 10.3 Å². The largest absolute Gasteiger partial charge is 0.348 e. The molecule has 0 aliphatic rings. The molecule has 1 atom stereocenters. The number of amides is 1. The number of aromatic nitrogens is 1. The number of rotatable bonds is 3. The molecule has 1 amide bonds. The highest BCUT2D eigenvalue weighted by Gasteiger charge is 2.12. The molecule has 1 aromatic rings. The number of alkyl halides is 1. The normalized spacial score (nSPS) is 12.2. The SMILES string of the molecule is C[C@H](NC(=O)CCl)c1cccnc1F. The van der Waals surface area contributed by atoms with Crippen molar-refractivity contribution >= 4 is 17.5 Å². The Kier molecular flexibility index (Phi) is 3.83. The third-order valence-corrected chi connectivity index (χ3v) is 2.00. The highest BCUT2D eigenvalue weighted by Crippen LogP contribution is 2.13. The highest BCUT2D eigenvalue weighted by molar-refractivity contribution is 6.27. The van der Waals surface area contributed by atoms with Gasteiger partial charge in [0, 0.05) is 11.8 Å². The molecular formula is C9H10ClFN2O. The molecule has 0 aliphatic carbocycles. The molecule has 0 unspecified atom stereocenters. The van der Waals surface area contributed by atoms with Gasteiger partial charge in [0.05, 0.1) is 6.04 Å². The van der Waals surface area contributed by atoms with Crippen LogP contribution < -0.4 is 5.32 Å². The summed E-state index contributed by atoms with van der Waals surface area (Å²) >= 11 is 5.30. The van der Waals surface area contributed by atoms with Crippen molar-refractivity contribution in [2.45, 2.75) is 13.0 Å². The zero-order chi connectivity index (χ0) is 10.6. The van der Waals surface area contributed by atoms with Crippen LogP contribution in [0.5, 0.6) is 0 Å². The third kappa shape index (κ3) is 2.67. The van der Waals surface area contributed by atoms with E-state index in [0.717, 1.165) is 0 Å². The molecule has 5 heteroatoms. The smallest absolute Gasteiger partial charge is 0.235 e. The first-order valence-corrected chi connectivity index (χ1v) is 4.64. The Morgan fingerprint density at radius 1 is 1.79 bits per heavy atom. The van der Waals surface area contributed by atoms with Crippen LogP contribution in [0.2, 0.25) is 0 Å². The molecular weight excluding hydrogens is 207 g/mol. The second-order valence-corrected chi connectivity index (χ2v) is 3.07. The lowest BCUT2D eigenvalue weighted by Gasteiger charge is -2.13. The molecule has 0 aliphatic heterocycles. The van der Waals surface area contributed by atoms with Gasteiger partial charge in [0.15, 0.2) is 0 Å². The molecule has 0 fully saturated rings. The zero-order valence-corrected chi connectivity index (χ0v) is 8.38. The van der Waals surface area contributed by atoms with Gasteiger partial charge in [-0.25, -0.2) is 4.98 Å². The van der Waals surface area contributed by atoms with Crippen molar-refractivity contribution in [3.05, 3.63) is 29.8 Å². The fraction of sp³-hybridized carbons (Fsp3) is 0.333.